The fourth-order valence-corrected chi connectivity index (χ4v) is 2.19. The molecule has 1 aliphatic carbocycles. The highest BCUT2D eigenvalue weighted by Crippen LogP contribution is 2.37. The van der Waals surface area contributed by atoms with E-state index in [4.69, 9.17) is 15.6 Å². The van der Waals surface area contributed by atoms with E-state index in [0.717, 1.165) is 25.1 Å². The van der Waals surface area contributed by atoms with E-state index in [1.165, 1.54) is 18.5 Å². The Bertz CT molecular complexity index is 593. The summed E-state index contributed by atoms with van der Waals surface area (Å²) in [5, 5.41) is 14.7. The number of hydrogen-bond acceptors (Lipinski definition) is 4. The first-order chi connectivity index (χ1) is 10.2. The van der Waals surface area contributed by atoms with Crippen molar-refractivity contribution in [3.8, 4) is 0 Å². The molecule has 1 fully saturated rings. The van der Waals surface area contributed by atoms with E-state index in [-0.39, 0.29) is 0 Å². The number of nitrogens with zero attached hydrogens (tertiary/aromatic N) is 2. The number of nitrogens with two attached hydrogens (primary N) is 1. The van der Waals surface area contributed by atoms with Crippen molar-refractivity contribution in [2.75, 3.05) is 6.54 Å². The second-order valence-corrected chi connectivity index (χ2v) is 5.04. The second-order valence-electron chi connectivity index (χ2n) is 5.04. The van der Waals surface area contributed by atoms with Crippen molar-refractivity contribution in [3.05, 3.63) is 17.0 Å². The van der Waals surface area contributed by atoms with Crippen LogP contribution in [0.25, 0.3) is 0 Å². The second kappa shape index (κ2) is 5.95. The third kappa shape index (κ3) is 3.56. The van der Waals surface area contributed by atoms with Crippen molar-refractivity contribution in [3.63, 3.8) is 0 Å². The number of halogens is 3. The number of rotatable bonds is 2. The van der Waals surface area contributed by atoms with E-state index >= 15 is 0 Å². The van der Waals surface area contributed by atoms with Crippen molar-refractivity contribution >= 4 is 11.9 Å². The van der Waals surface area contributed by atoms with Crippen LogP contribution in [0.5, 0.6) is 0 Å². The standard InChI is InChI=1S/C10H14N4O.C2HF3O2/c11-10(15)9-7-5-12-4-3-8(7)14(13-9)6-1-2-6;3-2(4,5)1(6)7/h6,12H,1-5H2,(H2,11,15);(H,6,7). The van der Waals surface area contributed by atoms with Gasteiger partial charge in [-0.3, -0.25) is 9.48 Å². The van der Waals surface area contributed by atoms with Crippen LogP contribution in [-0.2, 0) is 17.8 Å². The van der Waals surface area contributed by atoms with Crippen molar-refractivity contribution in [1.82, 2.24) is 15.1 Å². The van der Waals surface area contributed by atoms with E-state index in [1.54, 1.807) is 0 Å². The van der Waals surface area contributed by atoms with Gasteiger partial charge in [0, 0.05) is 30.8 Å². The molecule has 7 nitrogen and oxygen atoms in total. The van der Waals surface area contributed by atoms with Gasteiger partial charge in [0.1, 0.15) is 0 Å². The van der Waals surface area contributed by atoms with Crippen LogP contribution in [0.1, 0.15) is 40.6 Å². The highest BCUT2D eigenvalue weighted by molar-refractivity contribution is 5.92. The SMILES string of the molecule is NC(=O)c1nn(C2CC2)c2c1CNCC2.O=C(O)C(F)(F)F. The molecule has 0 radical (unpaired) electrons. The summed E-state index contributed by atoms with van der Waals surface area (Å²) in [5.41, 5.74) is 8.02. The van der Waals surface area contributed by atoms with Gasteiger partial charge >= 0.3 is 12.1 Å². The summed E-state index contributed by atoms with van der Waals surface area (Å²) in [7, 11) is 0. The molecule has 10 heteroatoms. The number of aromatic nitrogens is 2. The molecule has 0 spiro atoms. The summed E-state index contributed by atoms with van der Waals surface area (Å²) >= 11 is 0. The monoisotopic (exact) mass is 320 g/mol. The largest absolute Gasteiger partial charge is 0.490 e. The lowest BCUT2D eigenvalue weighted by Gasteiger charge is -2.14. The number of alkyl halides is 3. The molecule has 0 saturated heterocycles. The summed E-state index contributed by atoms with van der Waals surface area (Å²) in [5.74, 6) is -3.16. The normalized spacial score (nSPS) is 17.2. The van der Waals surface area contributed by atoms with Crippen LogP contribution in [0, 0.1) is 0 Å². The van der Waals surface area contributed by atoms with Gasteiger partial charge in [0.25, 0.3) is 5.91 Å². The molecule has 4 N–H and O–H groups in total. The van der Waals surface area contributed by atoms with E-state index in [1.807, 2.05) is 4.68 Å². The first-order valence-electron chi connectivity index (χ1n) is 6.62. The number of fused-ring (bicyclic) bond motifs is 1. The Morgan fingerprint density at radius 1 is 1.36 bits per heavy atom. The molecular weight excluding hydrogens is 305 g/mol. The zero-order valence-electron chi connectivity index (χ0n) is 11.5. The molecule has 1 amide bonds. The fourth-order valence-electron chi connectivity index (χ4n) is 2.19. The maximum Gasteiger partial charge on any atom is 0.490 e. The maximum atomic E-state index is 11.2. The van der Waals surface area contributed by atoms with Crippen molar-refractivity contribution < 1.29 is 27.9 Å². The van der Waals surface area contributed by atoms with Crippen LogP contribution < -0.4 is 11.1 Å². The number of carbonyl (C=O) groups excluding carboxylic acids is 1. The van der Waals surface area contributed by atoms with Crippen LogP contribution in [0.3, 0.4) is 0 Å². The van der Waals surface area contributed by atoms with Crippen molar-refractivity contribution in [2.24, 2.45) is 5.73 Å². The quantitative estimate of drug-likeness (QED) is 0.739. The Balaban J connectivity index is 0.000000217. The Hall–Kier alpha value is -2.10. The first kappa shape index (κ1) is 16.3. The number of carboxylic acid groups (broad SMARTS) is 1. The molecule has 1 aromatic heterocycles. The zero-order valence-corrected chi connectivity index (χ0v) is 11.5. The average Bonchev–Trinajstić information content (AvgIpc) is 3.18. The molecule has 1 aromatic rings. The average molecular weight is 320 g/mol. The molecule has 2 aliphatic rings. The van der Waals surface area contributed by atoms with Crippen molar-refractivity contribution in [1.29, 1.82) is 0 Å². The van der Waals surface area contributed by atoms with Gasteiger partial charge < -0.3 is 16.2 Å². The molecule has 22 heavy (non-hydrogen) atoms. The Kier molecular flexibility index (Phi) is 4.40. The smallest absolute Gasteiger partial charge is 0.475 e. The lowest BCUT2D eigenvalue weighted by Crippen LogP contribution is -2.26. The molecule has 0 unspecified atom stereocenters. The Morgan fingerprint density at radius 2 is 1.95 bits per heavy atom. The van der Waals surface area contributed by atoms with E-state index in [0.29, 0.717) is 11.7 Å². The van der Waals surface area contributed by atoms with Gasteiger partial charge in [0.2, 0.25) is 0 Å². The van der Waals surface area contributed by atoms with Gasteiger partial charge in [0.05, 0.1) is 6.04 Å². The lowest BCUT2D eigenvalue weighted by molar-refractivity contribution is -0.192. The van der Waals surface area contributed by atoms with Crippen LogP contribution in [-0.4, -0.2) is 39.5 Å². The molecule has 122 valence electrons. The highest BCUT2D eigenvalue weighted by Gasteiger charge is 2.38. The van der Waals surface area contributed by atoms with Gasteiger partial charge in [-0.2, -0.15) is 18.3 Å². The third-order valence-electron chi connectivity index (χ3n) is 3.33. The minimum absolute atomic E-state index is 0.408. The molecule has 3 rings (SSSR count). The summed E-state index contributed by atoms with van der Waals surface area (Å²) < 4.78 is 33.8. The number of carbonyl (C=O) groups is 2. The van der Waals surface area contributed by atoms with Gasteiger partial charge in [-0.1, -0.05) is 0 Å². The van der Waals surface area contributed by atoms with Gasteiger partial charge in [-0.15, -0.1) is 0 Å². The Labute approximate surface area is 123 Å². The van der Waals surface area contributed by atoms with Gasteiger partial charge in [-0.25, -0.2) is 4.79 Å². The number of primary amides is 1. The van der Waals surface area contributed by atoms with Crippen LogP contribution in [0.2, 0.25) is 0 Å². The minimum atomic E-state index is -5.08. The van der Waals surface area contributed by atoms with Crippen molar-refractivity contribution in [2.45, 2.75) is 38.0 Å². The molecule has 0 atom stereocenters. The number of aliphatic carboxylic acids is 1. The summed E-state index contributed by atoms with van der Waals surface area (Å²) in [6, 6.07) is 0.518. The van der Waals surface area contributed by atoms with Crippen LogP contribution in [0.4, 0.5) is 13.2 Å². The number of carboxylic acids is 1. The minimum Gasteiger partial charge on any atom is -0.475 e. The molecule has 0 bridgehead atoms. The lowest BCUT2D eigenvalue weighted by atomic mass is 10.1. The maximum absolute atomic E-state index is 11.2. The summed E-state index contributed by atoms with van der Waals surface area (Å²) in [6.45, 7) is 1.68. The first-order valence-corrected chi connectivity index (χ1v) is 6.62. The Morgan fingerprint density at radius 3 is 2.41 bits per heavy atom. The molecule has 1 saturated carbocycles. The van der Waals surface area contributed by atoms with E-state index < -0.39 is 18.1 Å². The van der Waals surface area contributed by atoms with Crippen LogP contribution >= 0.6 is 0 Å². The number of amides is 1. The van der Waals surface area contributed by atoms with E-state index in [2.05, 4.69) is 10.4 Å². The fraction of sp³-hybridized carbons (Fsp3) is 0.583. The van der Waals surface area contributed by atoms with E-state index in [9.17, 15) is 18.0 Å². The summed E-state index contributed by atoms with van der Waals surface area (Å²) in [4.78, 5) is 20.1. The topological polar surface area (TPSA) is 110 Å². The van der Waals surface area contributed by atoms with Gasteiger partial charge in [-0.05, 0) is 12.8 Å². The van der Waals surface area contributed by atoms with Gasteiger partial charge in [0.15, 0.2) is 5.69 Å². The predicted molar refractivity (Wildman–Crippen MR) is 68.1 cm³/mol. The van der Waals surface area contributed by atoms with Crippen LogP contribution in [0.15, 0.2) is 0 Å². The highest BCUT2D eigenvalue weighted by atomic mass is 19.4. The number of nitrogens with one attached hydrogen (secondary N) is 1. The number of hydrogen-bond donors (Lipinski definition) is 3. The predicted octanol–water partition coefficient (Wildman–Crippen LogP) is 0.596. The zero-order chi connectivity index (χ0) is 16.5. The molecular formula is C12H15F3N4O3. The molecule has 2 heterocycles. The summed E-state index contributed by atoms with van der Waals surface area (Å²) in [6.07, 6.45) is -1.77. The molecule has 0 aromatic carbocycles. The molecule has 1 aliphatic heterocycles. The third-order valence-corrected chi connectivity index (χ3v) is 3.33.